The van der Waals surface area contributed by atoms with Gasteiger partial charge < -0.3 is 14.9 Å². The minimum absolute atomic E-state index is 0.0720. The Morgan fingerprint density at radius 1 is 1.02 bits per heavy atom. The Balaban J connectivity index is 1.34. The highest BCUT2D eigenvalue weighted by Crippen LogP contribution is 2.47. The molecule has 6 nitrogen and oxygen atoms in total. The molecule has 0 radical (unpaired) electrons. The van der Waals surface area contributed by atoms with Crippen LogP contribution in [0.3, 0.4) is 0 Å². The molecule has 0 unspecified atom stereocenters. The third-order valence-electron chi connectivity index (χ3n) is 8.18. The molecule has 2 aliphatic carbocycles. The number of rotatable bonds is 5. The van der Waals surface area contributed by atoms with Crippen molar-refractivity contribution in [3.63, 3.8) is 0 Å². The van der Waals surface area contributed by atoms with Crippen LogP contribution in [0.5, 0.6) is 0 Å². The second-order valence-corrected chi connectivity index (χ2v) is 11.5. The van der Waals surface area contributed by atoms with Gasteiger partial charge in [0.05, 0.1) is 23.8 Å². The summed E-state index contributed by atoms with van der Waals surface area (Å²) in [4.78, 5) is 22.2. The SMILES string of the molecule is CC(C)(O)c1ccc(N2CCN(C3=C(C4CC4)c4cccc(-c5ccc(C#N)cc5)c4CCC=C3)C(=O)C2)nc1. The van der Waals surface area contributed by atoms with Crippen molar-refractivity contribution in [2.75, 3.05) is 24.5 Å². The Labute approximate surface area is 235 Å². The second-order valence-electron chi connectivity index (χ2n) is 11.5. The van der Waals surface area contributed by atoms with Crippen LogP contribution in [0.15, 0.2) is 78.6 Å². The van der Waals surface area contributed by atoms with Gasteiger partial charge in [-0.1, -0.05) is 42.5 Å². The van der Waals surface area contributed by atoms with Crippen molar-refractivity contribution in [1.29, 1.82) is 5.26 Å². The van der Waals surface area contributed by atoms with Crippen LogP contribution < -0.4 is 4.90 Å². The minimum atomic E-state index is -0.952. The molecule has 2 heterocycles. The quantitative estimate of drug-likeness (QED) is 0.450. The Kier molecular flexibility index (Phi) is 6.77. The maximum absolute atomic E-state index is 13.7. The molecule has 40 heavy (non-hydrogen) atoms. The summed E-state index contributed by atoms with van der Waals surface area (Å²) in [6.07, 6.45) is 10.2. The van der Waals surface area contributed by atoms with Crippen molar-refractivity contribution in [3.05, 3.63) is 101 Å². The summed E-state index contributed by atoms with van der Waals surface area (Å²) >= 11 is 0. The molecule has 6 rings (SSSR count). The lowest BCUT2D eigenvalue weighted by atomic mass is 9.85. The molecule has 0 atom stereocenters. The van der Waals surface area contributed by atoms with Crippen molar-refractivity contribution < 1.29 is 9.90 Å². The van der Waals surface area contributed by atoms with Gasteiger partial charge in [-0.2, -0.15) is 5.26 Å². The van der Waals surface area contributed by atoms with Crippen LogP contribution >= 0.6 is 0 Å². The standard InChI is InChI=1S/C34H34N4O2/c1-34(2,40)26-16-17-31(36-21-26)37-18-19-38(32(39)22-37)30-9-4-3-6-28-27(24-12-10-23(20-35)11-13-24)7-5-8-29(28)33(30)25-14-15-25/h4-5,7-13,16-17,21,25,40H,3,6,14-15,18-19,22H2,1-2H3. The first-order valence-corrected chi connectivity index (χ1v) is 14.1. The largest absolute Gasteiger partial charge is 0.386 e. The van der Waals surface area contributed by atoms with E-state index < -0.39 is 5.60 Å². The molecule has 1 saturated carbocycles. The number of pyridine rings is 1. The van der Waals surface area contributed by atoms with Gasteiger partial charge in [-0.3, -0.25) is 4.79 Å². The van der Waals surface area contributed by atoms with Crippen molar-refractivity contribution in [3.8, 4) is 17.2 Å². The molecule has 0 spiro atoms. The lowest BCUT2D eigenvalue weighted by Crippen LogP contribution is -2.50. The van der Waals surface area contributed by atoms with Gasteiger partial charge in [-0.25, -0.2) is 4.98 Å². The van der Waals surface area contributed by atoms with E-state index in [4.69, 9.17) is 0 Å². The number of amides is 1. The fourth-order valence-corrected chi connectivity index (χ4v) is 5.85. The van der Waals surface area contributed by atoms with Gasteiger partial charge in [-0.05, 0) is 97.6 Å². The number of aromatic nitrogens is 1. The molecule has 2 aromatic carbocycles. The summed E-state index contributed by atoms with van der Waals surface area (Å²) in [5.74, 6) is 1.28. The number of piperazine rings is 1. The number of hydrogen-bond acceptors (Lipinski definition) is 5. The van der Waals surface area contributed by atoms with E-state index in [2.05, 4.69) is 41.4 Å². The molecule has 0 bridgehead atoms. The Morgan fingerprint density at radius 2 is 1.80 bits per heavy atom. The highest BCUT2D eigenvalue weighted by Gasteiger charge is 2.35. The zero-order valence-electron chi connectivity index (χ0n) is 23.1. The zero-order chi connectivity index (χ0) is 27.9. The minimum Gasteiger partial charge on any atom is -0.386 e. The van der Waals surface area contributed by atoms with Crippen LogP contribution in [0.4, 0.5) is 5.82 Å². The monoisotopic (exact) mass is 530 g/mol. The normalized spacial score (nSPS) is 17.8. The predicted octanol–water partition coefficient (Wildman–Crippen LogP) is 5.82. The summed E-state index contributed by atoms with van der Waals surface area (Å²) in [6.45, 7) is 5.03. The molecule has 3 aliphatic rings. The lowest BCUT2D eigenvalue weighted by Gasteiger charge is -2.37. The first-order valence-electron chi connectivity index (χ1n) is 14.1. The molecule has 3 aromatic rings. The van der Waals surface area contributed by atoms with E-state index in [1.807, 2.05) is 46.2 Å². The third kappa shape index (κ3) is 5.05. The molecule has 2 fully saturated rings. The van der Waals surface area contributed by atoms with Crippen LogP contribution in [-0.2, 0) is 16.8 Å². The van der Waals surface area contributed by atoms with E-state index in [0.717, 1.165) is 48.3 Å². The Bertz CT molecular complexity index is 1530. The van der Waals surface area contributed by atoms with E-state index in [-0.39, 0.29) is 12.5 Å². The molecule has 1 aromatic heterocycles. The van der Waals surface area contributed by atoms with E-state index >= 15 is 0 Å². The molecule has 202 valence electrons. The summed E-state index contributed by atoms with van der Waals surface area (Å²) in [6, 6.07) is 20.3. The molecule has 6 heteroatoms. The van der Waals surface area contributed by atoms with Crippen LogP contribution in [0, 0.1) is 17.2 Å². The van der Waals surface area contributed by atoms with Gasteiger partial charge in [0.1, 0.15) is 5.82 Å². The van der Waals surface area contributed by atoms with Crippen molar-refractivity contribution >= 4 is 17.3 Å². The number of carbonyl (C=O) groups is 1. The number of carbonyl (C=O) groups excluding carboxylic acids is 1. The second kappa shape index (κ2) is 10.4. The maximum Gasteiger partial charge on any atom is 0.246 e. The highest BCUT2D eigenvalue weighted by molar-refractivity contribution is 5.89. The molecule has 1 amide bonds. The number of fused-ring (bicyclic) bond motifs is 1. The van der Waals surface area contributed by atoms with Crippen molar-refractivity contribution in [2.45, 2.75) is 45.1 Å². The number of hydrogen-bond donors (Lipinski definition) is 1. The van der Waals surface area contributed by atoms with Crippen LogP contribution in [0.1, 0.15) is 55.4 Å². The number of nitrogens with zero attached hydrogens (tertiary/aromatic N) is 4. The molecule has 1 N–H and O–H groups in total. The number of anilines is 1. The Morgan fingerprint density at radius 3 is 2.45 bits per heavy atom. The fraction of sp³-hybridized carbons (Fsp3) is 0.324. The summed E-state index contributed by atoms with van der Waals surface area (Å²) < 4.78 is 0. The smallest absolute Gasteiger partial charge is 0.246 e. The van der Waals surface area contributed by atoms with E-state index in [1.54, 1.807) is 20.0 Å². The van der Waals surface area contributed by atoms with Gasteiger partial charge in [-0.15, -0.1) is 0 Å². The van der Waals surface area contributed by atoms with Crippen molar-refractivity contribution in [1.82, 2.24) is 9.88 Å². The first-order chi connectivity index (χ1) is 19.3. The number of allylic oxidation sites excluding steroid dienone is 3. The van der Waals surface area contributed by atoms with E-state index in [0.29, 0.717) is 24.6 Å². The molecule has 1 saturated heterocycles. The number of benzene rings is 2. The van der Waals surface area contributed by atoms with Crippen molar-refractivity contribution in [2.24, 2.45) is 5.92 Å². The van der Waals surface area contributed by atoms with Gasteiger partial charge in [0, 0.05) is 30.5 Å². The van der Waals surface area contributed by atoms with E-state index in [1.165, 1.54) is 22.3 Å². The summed E-state index contributed by atoms with van der Waals surface area (Å²) in [7, 11) is 0. The van der Waals surface area contributed by atoms with Gasteiger partial charge in [0.25, 0.3) is 0 Å². The average Bonchev–Trinajstić information content (AvgIpc) is 3.78. The predicted molar refractivity (Wildman–Crippen MR) is 157 cm³/mol. The summed E-state index contributed by atoms with van der Waals surface area (Å²) in [5.41, 5.74) is 7.67. The summed E-state index contributed by atoms with van der Waals surface area (Å²) in [5, 5.41) is 19.5. The average molecular weight is 531 g/mol. The molecule has 1 aliphatic heterocycles. The number of aliphatic hydroxyl groups is 1. The lowest BCUT2D eigenvalue weighted by molar-refractivity contribution is -0.128. The number of nitriles is 1. The topological polar surface area (TPSA) is 80.5 Å². The Hall–Kier alpha value is -4.21. The van der Waals surface area contributed by atoms with E-state index in [9.17, 15) is 15.2 Å². The van der Waals surface area contributed by atoms with Crippen LogP contribution in [-0.4, -0.2) is 40.5 Å². The zero-order valence-corrected chi connectivity index (χ0v) is 23.1. The third-order valence-corrected chi connectivity index (χ3v) is 8.18. The molecular weight excluding hydrogens is 496 g/mol. The van der Waals surface area contributed by atoms with Gasteiger partial charge in [0.15, 0.2) is 0 Å². The maximum atomic E-state index is 13.7. The van der Waals surface area contributed by atoms with Gasteiger partial charge in [0.2, 0.25) is 5.91 Å². The fourth-order valence-electron chi connectivity index (χ4n) is 5.85. The highest BCUT2D eigenvalue weighted by atomic mass is 16.3. The van der Waals surface area contributed by atoms with Gasteiger partial charge >= 0.3 is 0 Å². The molecular formula is C34H34N4O2. The van der Waals surface area contributed by atoms with Crippen LogP contribution in [0.25, 0.3) is 16.7 Å². The first kappa shape index (κ1) is 26.0. The van der Waals surface area contributed by atoms with Crippen LogP contribution in [0.2, 0.25) is 0 Å².